The molecule has 2 saturated heterocycles. The van der Waals surface area contributed by atoms with Crippen molar-refractivity contribution in [1.29, 1.82) is 0 Å². The van der Waals surface area contributed by atoms with Crippen molar-refractivity contribution in [2.75, 3.05) is 24.7 Å². The number of rotatable bonds is 3. The summed E-state index contributed by atoms with van der Waals surface area (Å²) in [6.07, 6.45) is 3.71. The van der Waals surface area contributed by atoms with Crippen molar-refractivity contribution in [3.63, 3.8) is 0 Å². The Kier molecular flexibility index (Phi) is 4.91. The molecule has 30 heavy (non-hydrogen) atoms. The van der Waals surface area contributed by atoms with E-state index in [0.29, 0.717) is 12.0 Å². The van der Waals surface area contributed by atoms with Gasteiger partial charge in [0.1, 0.15) is 4.08 Å². The number of H-pyrrole nitrogens is 1. The highest BCUT2D eigenvalue weighted by Gasteiger charge is 2.54. The highest BCUT2D eigenvalue weighted by molar-refractivity contribution is 8.18. The summed E-state index contributed by atoms with van der Waals surface area (Å²) in [5.74, 6) is 3.20. The van der Waals surface area contributed by atoms with Gasteiger partial charge in [-0.1, -0.05) is 48.5 Å². The van der Waals surface area contributed by atoms with Crippen LogP contribution in [-0.2, 0) is 4.08 Å². The summed E-state index contributed by atoms with van der Waals surface area (Å²) in [5.41, 5.74) is 5.45. The summed E-state index contributed by atoms with van der Waals surface area (Å²) < 4.78 is 0.177. The number of thioether (sulfide) groups is 2. The Labute approximate surface area is 186 Å². The van der Waals surface area contributed by atoms with Crippen LogP contribution in [0.1, 0.15) is 48.2 Å². The lowest BCUT2D eigenvalue weighted by Crippen LogP contribution is -2.49. The Morgan fingerprint density at radius 2 is 1.83 bits per heavy atom. The van der Waals surface area contributed by atoms with E-state index in [2.05, 4.69) is 88.0 Å². The van der Waals surface area contributed by atoms with Gasteiger partial charge in [-0.15, -0.1) is 23.5 Å². The fourth-order valence-corrected chi connectivity index (χ4v) is 9.69. The third kappa shape index (κ3) is 2.82. The molecule has 2 bridgehead atoms. The van der Waals surface area contributed by atoms with Gasteiger partial charge in [-0.05, 0) is 54.9 Å². The van der Waals surface area contributed by atoms with Crippen LogP contribution in [0.25, 0.3) is 10.9 Å². The number of piperidine rings is 1. The van der Waals surface area contributed by atoms with Crippen LogP contribution in [0.5, 0.6) is 0 Å². The Morgan fingerprint density at radius 1 is 1.07 bits per heavy atom. The van der Waals surface area contributed by atoms with Crippen molar-refractivity contribution in [3.05, 3.63) is 71.4 Å². The number of aromatic nitrogens is 1. The predicted octanol–water partition coefficient (Wildman–Crippen LogP) is 5.69. The molecule has 3 nitrogen and oxygen atoms in total. The van der Waals surface area contributed by atoms with Crippen LogP contribution in [0, 0.1) is 5.92 Å². The number of nitrogens with one attached hydrogen (secondary N) is 1. The fraction of sp³-hybridized carbons (Fsp3) is 0.440. The molecule has 0 radical (unpaired) electrons. The quantitative estimate of drug-likeness (QED) is 0.553. The molecule has 2 aromatic carbocycles. The fourth-order valence-electron chi connectivity index (χ4n) is 5.98. The number of para-hydroxylation sites is 1. The lowest BCUT2D eigenvalue weighted by atomic mass is 9.76. The van der Waals surface area contributed by atoms with Crippen molar-refractivity contribution in [1.82, 2.24) is 9.88 Å². The van der Waals surface area contributed by atoms with E-state index in [1.807, 2.05) is 0 Å². The standard InChI is InChI=1S/C25H28N2OS2/c28-16-22(17-7-2-1-3-8-17)27-12-11-18-15-21(27)23-19-9-4-5-10-20(19)26-24(23)25(18)29-13-6-14-30-25/h1-5,7-10,18,21-22,26,28H,6,11-16H2/t18-,21+,22-/m0/s1. The van der Waals surface area contributed by atoms with E-state index >= 15 is 0 Å². The molecular weight excluding hydrogens is 408 g/mol. The van der Waals surface area contributed by atoms with E-state index in [-0.39, 0.29) is 16.7 Å². The average Bonchev–Trinajstić information content (AvgIpc) is 3.21. The molecule has 0 amide bonds. The van der Waals surface area contributed by atoms with Gasteiger partial charge in [-0.2, -0.15) is 0 Å². The van der Waals surface area contributed by atoms with Gasteiger partial charge in [0.25, 0.3) is 0 Å². The van der Waals surface area contributed by atoms with E-state index in [9.17, 15) is 5.11 Å². The van der Waals surface area contributed by atoms with Gasteiger partial charge in [-0.3, -0.25) is 4.90 Å². The topological polar surface area (TPSA) is 39.3 Å². The highest BCUT2D eigenvalue weighted by Crippen LogP contribution is 2.65. The smallest absolute Gasteiger partial charge is 0.104 e. The molecule has 156 valence electrons. The molecule has 3 aromatic rings. The Morgan fingerprint density at radius 3 is 2.63 bits per heavy atom. The SMILES string of the molecule is OC[C@@H](c1ccccc1)N1CC[C@H]2C[C@@H]1c1c([nH]c3ccccc13)C21SCCCS1. The first-order valence-corrected chi connectivity index (χ1v) is 13.1. The first-order chi connectivity index (χ1) is 14.8. The van der Waals surface area contributed by atoms with Crippen molar-refractivity contribution < 1.29 is 5.11 Å². The maximum atomic E-state index is 10.4. The van der Waals surface area contributed by atoms with Crippen molar-refractivity contribution in [2.45, 2.75) is 35.4 Å². The molecule has 0 saturated carbocycles. The van der Waals surface area contributed by atoms with Gasteiger partial charge in [0, 0.05) is 28.2 Å². The number of benzene rings is 2. The predicted molar refractivity (Wildman–Crippen MR) is 128 cm³/mol. The minimum absolute atomic E-state index is 0.0550. The Hall–Kier alpha value is -1.40. The number of aliphatic hydroxyl groups excluding tert-OH is 1. The molecule has 1 spiro atoms. The summed E-state index contributed by atoms with van der Waals surface area (Å²) in [4.78, 5) is 6.48. The number of hydrogen-bond acceptors (Lipinski definition) is 4. The molecule has 5 heteroatoms. The minimum atomic E-state index is 0.0550. The first kappa shape index (κ1) is 19.3. The molecule has 6 rings (SSSR count). The third-order valence-corrected chi connectivity index (χ3v) is 10.9. The van der Waals surface area contributed by atoms with Crippen molar-refractivity contribution in [2.24, 2.45) is 5.92 Å². The van der Waals surface area contributed by atoms with Gasteiger partial charge in [-0.25, -0.2) is 0 Å². The number of hydrogen-bond donors (Lipinski definition) is 2. The summed E-state index contributed by atoms with van der Waals surface area (Å²) >= 11 is 4.38. The second-order valence-corrected chi connectivity index (χ2v) is 11.7. The molecule has 3 aliphatic rings. The van der Waals surface area contributed by atoms with E-state index in [1.54, 1.807) is 0 Å². The molecule has 1 aliphatic carbocycles. The first-order valence-electron chi connectivity index (χ1n) is 11.1. The van der Waals surface area contributed by atoms with Crippen LogP contribution in [0.3, 0.4) is 0 Å². The van der Waals surface area contributed by atoms with Crippen LogP contribution < -0.4 is 0 Å². The van der Waals surface area contributed by atoms with Gasteiger partial charge in [0.2, 0.25) is 0 Å². The number of likely N-dealkylation sites (tertiary alicyclic amines) is 1. The van der Waals surface area contributed by atoms with Crippen molar-refractivity contribution >= 4 is 34.4 Å². The zero-order chi connectivity index (χ0) is 20.1. The van der Waals surface area contributed by atoms with Gasteiger partial charge in [0.05, 0.1) is 12.6 Å². The van der Waals surface area contributed by atoms with Crippen LogP contribution >= 0.6 is 23.5 Å². The highest BCUT2D eigenvalue weighted by atomic mass is 32.2. The van der Waals surface area contributed by atoms with E-state index in [4.69, 9.17) is 0 Å². The molecule has 3 heterocycles. The van der Waals surface area contributed by atoms with E-state index in [1.165, 1.54) is 58.5 Å². The van der Waals surface area contributed by atoms with Gasteiger partial charge >= 0.3 is 0 Å². The summed E-state index contributed by atoms with van der Waals surface area (Å²) in [6, 6.07) is 19.8. The zero-order valence-corrected chi connectivity index (χ0v) is 18.7. The van der Waals surface area contributed by atoms with Crippen LogP contribution in [0.15, 0.2) is 54.6 Å². The number of aliphatic hydroxyl groups is 1. The van der Waals surface area contributed by atoms with Crippen LogP contribution in [-0.4, -0.2) is 39.6 Å². The molecule has 2 fully saturated rings. The van der Waals surface area contributed by atoms with Gasteiger partial charge < -0.3 is 10.1 Å². The molecule has 3 atom stereocenters. The molecular formula is C25H28N2OS2. The molecule has 2 aliphatic heterocycles. The lowest BCUT2D eigenvalue weighted by Gasteiger charge is -2.54. The minimum Gasteiger partial charge on any atom is -0.394 e. The summed E-state index contributed by atoms with van der Waals surface area (Å²) in [5, 5.41) is 11.8. The summed E-state index contributed by atoms with van der Waals surface area (Å²) in [6.45, 7) is 1.22. The van der Waals surface area contributed by atoms with Gasteiger partial charge in [0.15, 0.2) is 0 Å². The molecule has 2 N–H and O–H groups in total. The van der Waals surface area contributed by atoms with Crippen LogP contribution in [0.2, 0.25) is 0 Å². The summed E-state index contributed by atoms with van der Waals surface area (Å²) in [7, 11) is 0. The monoisotopic (exact) mass is 436 g/mol. The molecule has 1 aromatic heterocycles. The largest absolute Gasteiger partial charge is 0.394 e. The maximum absolute atomic E-state index is 10.4. The average molecular weight is 437 g/mol. The second-order valence-electron chi connectivity index (χ2n) is 8.76. The molecule has 0 unspecified atom stereocenters. The number of fused-ring (bicyclic) bond motifs is 8. The Bertz CT molecular complexity index is 1040. The van der Waals surface area contributed by atoms with Crippen LogP contribution in [0.4, 0.5) is 0 Å². The van der Waals surface area contributed by atoms with E-state index < -0.39 is 0 Å². The maximum Gasteiger partial charge on any atom is 0.104 e. The van der Waals surface area contributed by atoms with E-state index in [0.717, 1.165) is 6.54 Å². The van der Waals surface area contributed by atoms with Crippen molar-refractivity contribution in [3.8, 4) is 0 Å². The second kappa shape index (κ2) is 7.63. The lowest BCUT2D eigenvalue weighted by molar-refractivity contribution is 0.0261. The number of nitrogens with zero attached hydrogens (tertiary/aromatic N) is 1. The Balaban J connectivity index is 1.51. The third-order valence-electron chi connectivity index (χ3n) is 7.29. The zero-order valence-electron chi connectivity index (χ0n) is 17.1. The normalized spacial score (nSPS) is 26.6. The number of aromatic amines is 1.